The predicted octanol–water partition coefficient (Wildman–Crippen LogP) is 6.90. The van der Waals surface area contributed by atoms with Crippen LogP contribution in [0.25, 0.3) is 0 Å². The molecule has 0 bridgehead atoms. The minimum absolute atomic E-state index is 0.0459. The van der Waals surface area contributed by atoms with Crippen molar-refractivity contribution >= 4 is 27.5 Å². The lowest BCUT2D eigenvalue weighted by atomic mass is 10.0. The third-order valence-corrected chi connectivity index (χ3v) is 9.68. The highest BCUT2D eigenvalue weighted by Crippen LogP contribution is 2.33. The van der Waals surface area contributed by atoms with E-state index in [4.69, 9.17) is 0 Å². The fourth-order valence-electron chi connectivity index (χ4n) is 4.99. The summed E-state index contributed by atoms with van der Waals surface area (Å²) in [6.07, 6.45) is -4.15. The molecule has 0 aliphatic heterocycles. The lowest BCUT2D eigenvalue weighted by molar-refractivity contribution is -0.140. The van der Waals surface area contributed by atoms with Crippen molar-refractivity contribution in [1.82, 2.24) is 10.2 Å². The summed E-state index contributed by atoms with van der Waals surface area (Å²) in [4.78, 5) is 29.3. The van der Waals surface area contributed by atoms with Gasteiger partial charge in [-0.2, -0.15) is 13.2 Å². The Morgan fingerprint density at radius 3 is 2.10 bits per heavy atom. The number of rotatable bonds is 13. The number of benzene rings is 4. The molecule has 0 aliphatic rings. The molecule has 2 unspecified atom stereocenters. The second-order valence-corrected chi connectivity index (χ2v) is 13.4. The number of alkyl halides is 3. The number of hydrogen-bond donors (Lipinski definition) is 1. The number of anilines is 1. The van der Waals surface area contributed by atoms with Crippen LogP contribution in [0, 0.1) is 12.7 Å². The molecule has 0 aromatic heterocycles. The second kappa shape index (κ2) is 15.5. The SMILES string of the molecule is CCC(C)NC(=O)C(Cc1ccccc1)N(Cc1ccc(F)cc1)C(=O)CN(c1cccc(C(F)(F)F)c1)S(=O)(=O)c1ccc(C)cc1. The molecule has 0 aliphatic carbocycles. The van der Waals surface area contributed by atoms with Crippen molar-refractivity contribution in [2.75, 3.05) is 10.8 Å². The summed E-state index contributed by atoms with van der Waals surface area (Å²) in [5.41, 5.74) is 0.419. The van der Waals surface area contributed by atoms with Crippen LogP contribution in [0.5, 0.6) is 0 Å². The normalized spacial score (nSPS) is 13.0. The highest BCUT2D eigenvalue weighted by atomic mass is 32.2. The molecule has 0 heterocycles. The van der Waals surface area contributed by atoms with Gasteiger partial charge in [-0.05, 0) is 73.9 Å². The van der Waals surface area contributed by atoms with Crippen LogP contribution in [0.3, 0.4) is 0 Å². The fourth-order valence-corrected chi connectivity index (χ4v) is 6.39. The van der Waals surface area contributed by atoms with Crippen LogP contribution in [0.1, 0.15) is 42.5 Å². The van der Waals surface area contributed by atoms with Crippen molar-refractivity contribution in [2.24, 2.45) is 0 Å². The van der Waals surface area contributed by atoms with Crippen LogP contribution in [0.4, 0.5) is 23.2 Å². The van der Waals surface area contributed by atoms with E-state index >= 15 is 0 Å². The maximum absolute atomic E-state index is 14.4. The quantitative estimate of drug-likeness (QED) is 0.155. The minimum atomic E-state index is -4.79. The zero-order valence-corrected chi connectivity index (χ0v) is 27.6. The maximum Gasteiger partial charge on any atom is 0.416 e. The summed E-state index contributed by atoms with van der Waals surface area (Å²) < 4.78 is 84.0. The van der Waals surface area contributed by atoms with Gasteiger partial charge in [-0.15, -0.1) is 0 Å². The van der Waals surface area contributed by atoms with Gasteiger partial charge in [0.15, 0.2) is 0 Å². The van der Waals surface area contributed by atoms with Crippen LogP contribution in [0.2, 0.25) is 0 Å². The van der Waals surface area contributed by atoms with E-state index < -0.39 is 52.0 Å². The largest absolute Gasteiger partial charge is 0.416 e. The predicted molar refractivity (Wildman–Crippen MR) is 176 cm³/mol. The number of nitrogens with one attached hydrogen (secondary N) is 1. The van der Waals surface area contributed by atoms with Crippen LogP contribution >= 0.6 is 0 Å². The van der Waals surface area contributed by atoms with Crippen LogP contribution in [-0.4, -0.2) is 43.8 Å². The molecular weight excluding hydrogens is 646 g/mol. The van der Waals surface area contributed by atoms with Crippen molar-refractivity contribution in [1.29, 1.82) is 0 Å². The molecule has 0 saturated carbocycles. The summed E-state index contributed by atoms with van der Waals surface area (Å²) in [5.74, 6) is -1.88. The fraction of sp³-hybridized carbons (Fsp3) is 0.278. The van der Waals surface area contributed by atoms with E-state index in [1.54, 1.807) is 44.2 Å². The van der Waals surface area contributed by atoms with E-state index in [1.165, 1.54) is 59.5 Å². The molecular formula is C36H37F4N3O4S. The van der Waals surface area contributed by atoms with Crippen molar-refractivity contribution in [3.63, 3.8) is 0 Å². The Hall–Kier alpha value is -4.71. The molecule has 0 fully saturated rings. The second-order valence-electron chi connectivity index (χ2n) is 11.5. The zero-order valence-electron chi connectivity index (χ0n) is 26.7. The Kier molecular flexibility index (Phi) is 11.6. The molecule has 1 N–H and O–H groups in total. The number of halogens is 4. The van der Waals surface area contributed by atoms with Crippen molar-refractivity contribution in [2.45, 2.75) is 63.3 Å². The highest BCUT2D eigenvalue weighted by Gasteiger charge is 2.36. The Morgan fingerprint density at radius 2 is 1.50 bits per heavy atom. The summed E-state index contributed by atoms with van der Waals surface area (Å²) >= 11 is 0. The molecule has 2 amide bonds. The van der Waals surface area contributed by atoms with Gasteiger partial charge in [0, 0.05) is 19.0 Å². The van der Waals surface area contributed by atoms with Gasteiger partial charge < -0.3 is 10.2 Å². The Balaban J connectivity index is 1.84. The first kappa shape index (κ1) is 36.1. The van der Waals surface area contributed by atoms with Gasteiger partial charge in [0.25, 0.3) is 10.0 Å². The number of sulfonamides is 1. The first-order chi connectivity index (χ1) is 22.7. The first-order valence-electron chi connectivity index (χ1n) is 15.3. The average Bonchev–Trinajstić information content (AvgIpc) is 3.06. The molecule has 2 atom stereocenters. The molecule has 0 saturated heterocycles. The van der Waals surface area contributed by atoms with Gasteiger partial charge in [0.1, 0.15) is 18.4 Å². The molecule has 48 heavy (non-hydrogen) atoms. The van der Waals surface area contributed by atoms with Gasteiger partial charge >= 0.3 is 6.18 Å². The van der Waals surface area contributed by atoms with Crippen molar-refractivity contribution < 1.29 is 35.6 Å². The summed E-state index contributed by atoms with van der Waals surface area (Å²) in [5, 5.41) is 2.90. The molecule has 7 nitrogen and oxygen atoms in total. The third kappa shape index (κ3) is 9.21. The molecule has 4 rings (SSSR count). The lowest BCUT2D eigenvalue weighted by Crippen LogP contribution is -2.54. The van der Waals surface area contributed by atoms with Crippen LogP contribution in [-0.2, 0) is 38.8 Å². The highest BCUT2D eigenvalue weighted by molar-refractivity contribution is 7.92. The average molecular weight is 684 g/mol. The van der Waals surface area contributed by atoms with E-state index in [0.717, 1.165) is 17.7 Å². The van der Waals surface area contributed by atoms with Crippen LogP contribution < -0.4 is 9.62 Å². The maximum atomic E-state index is 14.4. The molecule has 4 aromatic carbocycles. The molecule has 254 valence electrons. The van der Waals surface area contributed by atoms with Crippen molar-refractivity contribution in [3.05, 3.63) is 131 Å². The molecule has 0 radical (unpaired) electrons. The monoisotopic (exact) mass is 683 g/mol. The smallest absolute Gasteiger partial charge is 0.352 e. The molecule has 4 aromatic rings. The first-order valence-corrected chi connectivity index (χ1v) is 16.8. The number of nitrogens with zero attached hydrogens (tertiary/aromatic N) is 2. The van der Waals surface area contributed by atoms with E-state index in [0.29, 0.717) is 27.9 Å². The Morgan fingerprint density at radius 1 is 0.854 bits per heavy atom. The number of hydrogen-bond acceptors (Lipinski definition) is 4. The van der Waals surface area contributed by atoms with E-state index in [1.807, 2.05) is 6.92 Å². The van der Waals surface area contributed by atoms with Gasteiger partial charge in [0.05, 0.1) is 16.1 Å². The van der Waals surface area contributed by atoms with E-state index in [9.17, 15) is 35.6 Å². The standard InChI is InChI=1S/C36H37F4N3O4S/c1-4-26(3)41-35(45)33(21-27-9-6-5-7-10-27)42(23-28-15-17-30(37)18-16-28)34(44)24-43(31-12-8-11-29(22-31)36(38,39)40)48(46,47)32-19-13-25(2)14-20-32/h5-20,22,26,33H,4,21,23-24H2,1-3H3,(H,41,45). The third-order valence-electron chi connectivity index (χ3n) is 7.89. The van der Waals surface area contributed by atoms with E-state index in [-0.39, 0.29) is 29.6 Å². The number of carbonyl (C=O) groups excluding carboxylic acids is 2. The number of amides is 2. The number of aryl methyl sites for hydroxylation is 1. The van der Waals surface area contributed by atoms with Gasteiger partial charge in [0.2, 0.25) is 11.8 Å². The van der Waals surface area contributed by atoms with Crippen LogP contribution in [0.15, 0.2) is 108 Å². The molecule has 0 spiro atoms. The van der Waals surface area contributed by atoms with Gasteiger partial charge in [-0.1, -0.05) is 73.2 Å². The van der Waals surface area contributed by atoms with Gasteiger partial charge in [-0.3, -0.25) is 13.9 Å². The summed E-state index contributed by atoms with van der Waals surface area (Å²) in [6.45, 7) is 4.27. The van der Waals surface area contributed by atoms with E-state index in [2.05, 4.69) is 5.32 Å². The summed E-state index contributed by atoms with van der Waals surface area (Å²) in [7, 11) is -4.60. The molecule has 12 heteroatoms. The summed E-state index contributed by atoms with van der Waals surface area (Å²) in [6, 6.07) is 22.1. The Bertz CT molecular complexity index is 1800. The number of carbonyl (C=O) groups is 2. The topological polar surface area (TPSA) is 86.8 Å². The van der Waals surface area contributed by atoms with Gasteiger partial charge in [-0.25, -0.2) is 12.8 Å². The van der Waals surface area contributed by atoms with Crippen molar-refractivity contribution in [3.8, 4) is 0 Å². The lowest BCUT2D eigenvalue weighted by Gasteiger charge is -2.34. The minimum Gasteiger partial charge on any atom is -0.352 e. The Labute approximate surface area is 278 Å². The zero-order chi connectivity index (χ0) is 35.1.